The summed E-state index contributed by atoms with van der Waals surface area (Å²) in [6.07, 6.45) is 1.26. The number of halogens is 4. The smallest absolute Gasteiger partial charge is 0.312 e. The first-order valence-corrected chi connectivity index (χ1v) is 5.76. The molecule has 1 aliphatic carbocycles. The lowest BCUT2D eigenvalue weighted by Gasteiger charge is -2.12. The molecule has 0 N–H and O–H groups in total. The molecule has 1 aromatic carbocycles. The van der Waals surface area contributed by atoms with Crippen LogP contribution in [0.2, 0.25) is 0 Å². The Morgan fingerprint density at radius 1 is 1.11 bits per heavy atom. The van der Waals surface area contributed by atoms with Crippen molar-refractivity contribution in [2.75, 3.05) is 0 Å². The van der Waals surface area contributed by atoms with Gasteiger partial charge in [-0.3, -0.25) is 4.79 Å². The molecule has 0 saturated heterocycles. The lowest BCUT2D eigenvalue weighted by atomic mass is 10.1. The first-order valence-electron chi connectivity index (χ1n) is 5.76. The molecule has 19 heavy (non-hydrogen) atoms. The number of hydrogen-bond acceptors (Lipinski definition) is 2. The molecule has 1 aromatic rings. The normalized spacial score (nSPS) is 16.3. The summed E-state index contributed by atoms with van der Waals surface area (Å²) >= 11 is 0. The predicted molar refractivity (Wildman–Crippen MR) is 58.1 cm³/mol. The van der Waals surface area contributed by atoms with Crippen molar-refractivity contribution in [2.24, 2.45) is 5.41 Å². The Morgan fingerprint density at radius 3 is 2.00 bits per heavy atom. The van der Waals surface area contributed by atoms with Crippen molar-refractivity contribution < 1.29 is 27.1 Å². The van der Waals surface area contributed by atoms with E-state index in [4.69, 9.17) is 4.74 Å². The highest BCUT2D eigenvalue weighted by Crippen LogP contribution is 2.46. The van der Waals surface area contributed by atoms with Crippen LogP contribution in [0.15, 0.2) is 0 Å². The fourth-order valence-corrected chi connectivity index (χ4v) is 1.62. The minimum absolute atomic E-state index is 0.618. The van der Waals surface area contributed by atoms with Gasteiger partial charge in [-0.05, 0) is 26.7 Å². The molecule has 0 heterocycles. The summed E-state index contributed by atoms with van der Waals surface area (Å²) in [6.45, 7) is 1.76. The maximum absolute atomic E-state index is 13.5. The van der Waals surface area contributed by atoms with Gasteiger partial charge in [0.05, 0.1) is 11.0 Å². The molecule has 0 atom stereocenters. The van der Waals surface area contributed by atoms with E-state index in [9.17, 15) is 22.4 Å². The number of carbonyl (C=O) groups is 1. The van der Waals surface area contributed by atoms with E-state index in [-0.39, 0.29) is 0 Å². The van der Waals surface area contributed by atoms with E-state index < -0.39 is 52.4 Å². The first kappa shape index (κ1) is 13.8. The van der Waals surface area contributed by atoms with Crippen LogP contribution in [-0.4, -0.2) is 5.97 Å². The highest BCUT2D eigenvalue weighted by Gasteiger charge is 2.46. The van der Waals surface area contributed by atoms with Crippen molar-refractivity contribution in [2.45, 2.75) is 33.3 Å². The minimum Gasteiger partial charge on any atom is -0.460 e. The van der Waals surface area contributed by atoms with Gasteiger partial charge in [0.15, 0.2) is 23.3 Å². The molecule has 0 aliphatic heterocycles. The van der Waals surface area contributed by atoms with Crippen LogP contribution in [0.1, 0.15) is 30.9 Å². The van der Waals surface area contributed by atoms with E-state index in [0.29, 0.717) is 12.8 Å². The Hall–Kier alpha value is -1.59. The molecular weight excluding hydrogens is 264 g/mol. The van der Waals surface area contributed by atoms with Gasteiger partial charge < -0.3 is 4.74 Å². The van der Waals surface area contributed by atoms with E-state index in [0.717, 1.165) is 6.92 Å². The summed E-state index contributed by atoms with van der Waals surface area (Å²) in [6, 6.07) is 0. The molecule has 2 rings (SSSR count). The number of ether oxygens (including phenoxy) is 1. The topological polar surface area (TPSA) is 26.3 Å². The van der Waals surface area contributed by atoms with Crippen LogP contribution in [-0.2, 0) is 16.1 Å². The lowest BCUT2D eigenvalue weighted by molar-refractivity contribution is -0.151. The molecule has 6 heteroatoms. The summed E-state index contributed by atoms with van der Waals surface area (Å²) in [7, 11) is 0. The number of rotatable bonds is 3. The van der Waals surface area contributed by atoms with Crippen molar-refractivity contribution in [3.63, 3.8) is 0 Å². The van der Waals surface area contributed by atoms with Crippen LogP contribution >= 0.6 is 0 Å². The van der Waals surface area contributed by atoms with Gasteiger partial charge >= 0.3 is 5.97 Å². The lowest BCUT2D eigenvalue weighted by Crippen LogP contribution is -2.17. The molecular formula is C13H12F4O2. The van der Waals surface area contributed by atoms with Crippen molar-refractivity contribution in [1.82, 2.24) is 0 Å². The standard InChI is InChI=1S/C13H12F4O2/c1-6-8(14)10(16)7(11(17)9(6)15)5-19-12(18)13(2)3-4-13/h3-5H2,1-2H3. The second kappa shape index (κ2) is 4.51. The van der Waals surface area contributed by atoms with Gasteiger partial charge in [-0.15, -0.1) is 0 Å². The average molecular weight is 276 g/mol. The summed E-state index contributed by atoms with van der Waals surface area (Å²) in [5.74, 6) is -6.60. The van der Waals surface area contributed by atoms with Gasteiger partial charge in [0.1, 0.15) is 6.61 Å². The summed E-state index contributed by atoms with van der Waals surface area (Å²) in [5, 5.41) is 0. The van der Waals surface area contributed by atoms with Crippen molar-refractivity contribution in [3.8, 4) is 0 Å². The Balaban J connectivity index is 2.23. The molecule has 0 amide bonds. The monoisotopic (exact) mass is 276 g/mol. The summed E-state index contributed by atoms with van der Waals surface area (Å²) in [4.78, 5) is 11.5. The Kier molecular flexibility index (Phi) is 3.28. The highest BCUT2D eigenvalue weighted by atomic mass is 19.2. The fourth-order valence-electron chi connectivity index (χ4n) is 1.62. The third-order valence-corrected chi connectivity index (χ3v) is 3.41. The van der Waals surface area contributed by atoms with E-state index >= 15 is 0 Å². The summed E-state index contributed by atoms with van der Waals surface area (Å²) in [5.41, 5.74) is -2.27. The first-order chi connectivity index (χ1) is 8.78. The number of benzene rings is 1. The van der Waals surface area contributed by atoms with Gasteiger partial charge in [-0.1, -0.05) is 0 Å². The maximum Gasteiger partial charge on any atom is 0.312 e. The van der Waals surface area contributed by atoms with Crippen LogP contribution in [0.3, 0.4) is 0 Å². The van der Waals surface area contributed by atoms with Gasteiger partial charge in [-0.2, -0.15) is 0 Å². The second-order valence-electron chi connectivity index (χ2n) is 5.00. The van der Waals surface area contributed by atoms with Crippen LogP contribution in [0.4, 0.5) is 17.6 Å². The Labute approximate surface area is 107 Å². The van der Waals surface area contributed by atoms with Gasteiger partial charge in [0.2, 0.25) is 0 Å². The third-order valence-electron chi connectivity index (χ3n) is 3.41. The van der Waals surface area contributed by atoms with E-state index in [1.54, 1.807) is 6.92 Å². The molecule has 0 bridgehead atoms. The van der Waals surface area contributed by atoms with Crippen LogP contribution in [0.5, 0.6) is 0 Å². The Morgan fingerprint density at radius 2 is 1.58 bits per heavy atom. The quantitative estimate of drug-likeness (QED) is 0.480. The largest absolute Gasteiger partial charge is 0.460 e. The van der Waals surface area contributed by atoms with E-state index in [1.807, 2.05) is 0 Å². The molecule has 1 aliphatic rings. The van der Waals surface area contributed by atoms with Gasteiger partial charge in [0, 0.05) is 5.56 Å². The molecule has 2 nitrogen and oxygen atoms in total. The second-order valence-corrected chi connectivity index (χ2v) is 5.00. The molecule has 0 aromatic heterocycles. The van der Waals surface area contributed by atoms with Crippen molar-refractivity contribution in [3.05, 3.63) is 34.4 Å². The summed E-state index contributed by atoms with van der Waals surface area (Å²) < 4.78 is 58.3. The zero-order chi connectivity index (χ0) is 14.4. The van der Waals surface area contributed by atoms with Crippen LogP contribution in [0, 0.1) is 35.6 Å². The molecule has 104 valence electrons. The number of hydrogen-bond donors (Lipinski definition) is 0. The van der Waals surface area contributed by atoms with E-state index in [1.165, 1.54) is 0 Å². The fraction of sp³-hybridized carbons (Fsp3) is 0.462. The van der Waals surface area contributed by atoms with Crippen LogP contribution in [0.25, 0.3) is 0 Å². The molecule has 0 unspecified atom stereocenters. The third kappa shape index (κ3) is 2.31. The van der Waals surface area contributed by atoms with Crippen molar-refractivity contribution >= 4 is 5.97 Å². The minimum atomic E-state index is -1.52. The predicted octanol–water partition coefficient (Wildman–Crippen LogP) is 3.39. The maximum atomic E-state index is 13.5. The SMILES string of the molecule is Cc1c(F)c(F)c(COC(=O)C2(C)CC2)c(F)c1F. The van der Waals surface area contributed by atoms with Gasteiger partial charge in [0.25, 0.3) is 0 Å². The molecule has 0 spiro atoms. The zero-order valence-corrected chi connectivity index (χ0v) is 10.4. The number of carbonyl (C=O) groups excluding carboxylic acids is 1. The van der Waals surface area contributed by atoms with Gasteiger partial charge in [-0.25, -0.2) is 17.6 Å². The number of esters is 1. The van der Waals surface area contributed by atoms with E-state index in [2.05, 4.69) is 0 Å². The molecule has 0 radical (unpaired) electrons. The Bertz CT molecular complexity index is 521. The highest BCUT2D eigenvalue weighted by molar-refractivity contribution is 5.79. The average Bonchev–Trinajstić information content (AvgIpc) is 3.13. The molecule has 1 fully saturated rings. The van der Waals surface area contributed by atoms with Crippen LogP contribution < -0.4 is 0 Å². The van der Waals surface area contributed by atoms with Crippen molar-refractivity contribution in [1.29, 1.82) is 0 Å². The zero-order valence-electron chi connectivity index (χ0n) is 10.4. The molecule has 1 saturated carbocycles.